The van der Waals surface area contributed by atoms with E-state index in [9.17, 15) is 14.9 Å². The van der Waals surface area contributed by atoms with Gasteiger partial charge < -0.3 is 5.32 Å². The monoisotopic (exact) mass is 387 g/mol. The molecule has 1 fully saturated rings. The van der Waals surface area contributed by atoms with E-state index in [1.807, 2.05) is 30.3 Å². The average molecular weight is 387 g/mol. The van der Waals surface area contributed by atoms with Crippen molar-refractivity contribution in [2.75, 3.05) is 6.54 Å². The topological polar surface area (TPSA) is 94.5 Å². The number of nitro benzene ring substituents is 1. The van der Waals surface area contributed by atoms with Crippen molar-refractivity contribution in [3.63, 3.8) is 0 Å². The van der Waals surface area contributed by atoms with E-state index >= 15 is 0 Å². The fourth-order valence-electron chi connectivity index (χ4n) is 3.79. The minimum Gasteiger partial charge on any atom is -0.388 e. The van der Waals surface area contributed by atoms with Crippen LogP contribution in [0.15, 0.2) is 65.6 Å². The molecule has 0 atom stereocenters. The summed E-state index contributed by atoms with van der Waals surface area (Å²) in [5.74, 6) is 0. The summed E-state index contributed by atoms with van der Waals surface area (Å²) in [6.07, 6.45) is 3.51. The lowest BCUT2D eigenvalue weighted by atomic mass is 10.1. The summed E-state index contributed by atoms with van der Waals surface area (Å²) < 4.78 is 3.32. The molecule has 1 aliphatic rings. The van der Waals surface area contributed by atoms with Crippen molar-refractivity contribution in [2.45, 2.75) is 12.8 Å². The Morgan fingerprint density at radius 3 is 2.66 bits per heavy atom. The molecule has 29 heavy (non-hydrogen) atoms. The molecule has 5 rings (SSSR count). The van der Waals surface area contributed by atoms with E-state index < -0.39 is 4.92 Å². The minimum absolute atomic E-state index is 0.00249. The Morgan fingerprint density at radius 2 is 1.93 bits per heavy atom. The number of nitro groups is 1. The molecule has 0 unspecified atom stereocenters. The SMILES string of the molecule is O=c1/c(=C2/CCCN2)c2nc(-c3cccc([N+](=O)[O-])c3)cn2n1-c1ccccc1. The number of hydrogen-bond donors (Lipinski definition) is 1. The van der Waals surface area contributed by atoms with E-state index in [4.69, 9.17) is 4.98 Å². The highest BCUT2D eigenvalue weighted by atomic mass is 16.6. The first-order valence-corrected chi connectivity index (χ1v) is 9.35. The van der Waals surface area contributed by atoms with Crippen LogP contribution in [0.1, 0.15) is 12.8 Å². The highest BCUT2D eigenvalue weighted by Crippen LogP contribution is 2.23. The second-order valence-electron chi connectivity index (χ2n) is 6.94. The Labute approximate surface area is 164 Å². The first kappa shape index (κ1) is 17.2. The Hall–Kier alpha value is -3.94. The van der Waals surface area contributed by atoms with Crippen LogP contribution in [-0.2, 0) is 0 Å². The van der Waals surface area contributed by atoms with Gasteiger partial charge in [-0.25, -0.2) is 14.2 Å². The zero-order valence-electron chi connectivity index (χ0n) is 15.4. The first-order chi connectivity index (χ1) is 14.1. The Balaban J connectivity index is 1.82. The number of non-ortho nitro benzene ring substituents is 1. The van der Waals surface area contributed by atoms with Crippen molar-refractivity contribution in [3.8, 4) is 16.9 Å². The highest BCUT2D eigenvalue weighted by molar-refractivity contribution is 5.67. The van der Waals surface area contributed by atoms with Crippen LogP contribution in [0.4, 0.5) is 5.69 Å². The molecule has 8 nitrogen and oxygen atoms in total. The number of hydrogen-bond acceptors (Lipinski definition) is 5. The number of nitrogens with one attached hydrogen (secondary N) is 1. The quantitative estimate of drug-likeness (QED) is 0.430. The van der Waals surface area contributed by atoms with Crippen LogP contribution in [0.5, 0.6) is 0 Å². The molecule has 0 spiro atoms. The van der Waals surface area contributed by atoms with Gasteiger partial charge in [0.25, 0.3) is 11.2 Å². The number of rotatable bonds is 3. The summed E-state index contributed by atoms with van der Waals surface area (Å²) in [7, 11) is 0. The molecular weight excluding hydrogens is 370 g/mol. The molecule has 144 valence electrons. The van der Waals surface area contributed by atoms with Gasteiger partial charge in [-0.15, -0.1) is 0 Å². The predicted molar refractivity (Wildman–Crippen MR) is 109 cm³/mol. The van der Waals surface area contributed by atoms with Crippen LogP contribution in [-0.4, -0.2) is 25.6 Å². The molecule has 8 heteroatoms. The molecule has 2 aromatic heterocycles. The van der Waals surface area contributed by atoms with Gasteiger partial charge in [0.1, 0.15) is 5.22 Å². The molecule has 1 saturated heterocycles. The molecule has 0 saturated carbocycles. The molecule has 4 aromatic rings. The van der Waals surface area contributed by atoms with Crippen molar-refractivity contribution >= 4 is 17.0 Å². The Morgan fingerprint density at radius 1 is 1.10 bits per heavy atom. The van der Waals surface area contributed by atoms with E-state index in [-0.39, 0.29) is 11.2 Å². The van der Waals surface area contributed by atoms with Gasteiger partial charge in [-0.2, -0.15) is 0 Å². The second-order valence-corrected chi connectivity index (χ2v) is 6.94. The summed E-state index contributed by atoms with van der Waals surface area (Å²) in [6.45, 7) is 0.829. The maximum absolute atomic E-state index is 13.3. The molecule has 0 bridgehead atoms. The van der Waals surface area contributed by atoms with Crippen molar-refractivity contribution in [2.24, 2.45) is 0 Å². The third-order valence-corrected chi connectivity index (χ3v) is 5.13. The van der Waals surface area contributed by atoms with E-state index in [1.165, 1.54) is 12.1 Å². The third-order valence-electron chi connectivity index (χ3n) is 5.13. The summed E-state index contributed by atoms with van der Waals surface area (Å²) in [5, 5.41) is 15.0. The van der Waals surface area contributed by atoms with Crippen molar-refractivity contribution in [1.29, 1.82) is 0 Å². The molecular formula is C21H17N5O3. The molecule has 0 aliphatic carbocycles. The van der Waals surface area contributed by atoms with Crippen molar-refractivity contribution in [1.82, 2.24) is 19.5 Å². The molecule has 1 N–H and O–H groups in total. The van der Waals surface area contributed by atoms with Gasteiger partial charge >= 0.3 is 0 Å². The average Bonchev–Trinajstić information content (AvgIpc) is 3.45. The van der Waals surface area contributed by atoms with Crippen LogP contribution in [0.2, 0.25) is 0 Å². The van der Waals surface area contributed by atoms with Crippen LogP contribution in [0.3, 0.4) is 0 Å². The van der Waals surface area contributed by atoms with Crippen LogP contribution in [0.25, 0.3) is 28.3 Å². The number of imidazole rings is 1. The standard InChI is InChI=1S/C21H17N5O3/c27-21-19(17-10-5-11-22-17)20-23-18(14-6-4-9-16(12-14)26(28)29)13-24(20)25(21)15-7-2-1-3-8-15/h1-4,6-9,12-13,22H,5,10-11H2/b19-17-. The van der Waals surface area contributed by atoms with E-state index in [1.54, 1.807) is 27.5 Å². The van der Waals surface area contributed by atoms with E-state index in [2.05, 4.69) is 5.32 Å². The van der Waals surface area contributed by atoms with Gasteiger partial charge in [0.15, 0.2) is 5.65 Å². The summed E-state index contributed by atoms with van der Waals surface area (Å²) in [6, 6.07) is 15.7. The first-order valence-electron chi connectivity index (χ1n) is 9.35. The van der Waals surface area contributed by atoms with E-state index in [0.29, 0.717) is 22.1 Å². The maximum atomic E-state index is 13.3. The van der Waals surface area contributed by atoms with E-state index in [0.717, 1.165) is 30.8 Å². The van der Waals surface area contributed by atoms with Gasteiger partial charge in [0.2, 0.25) is 0 Å². The van der Waals surface area contributed by atoms with Crippen LogP contribution < -0.4 is 16.1 Å². The van der Waals surface area contributed by atoms with Gasteiger partial charge in [-0.3, -0.25) is 14.9 Å². The Kier molecular flexibility index (Phi) is 3.90. The third kappa shape index (κ3) is 2.77. The molecule has 0 amide bonds. The van der Waals surface area contributed by atoms with Crippen molar-refractivity contribution < 1.29 is 4.92 Å². The predicted octanol–water partition coefficient (Wildman–Crippen LogP) is 2.27. The second kappa shape index (κ2) is 6.59. The number of fused-ring (bicyclic) bond motifs is 1. The number of para-hydroxylation sites is 1. The normalized spacial score (nSPS) is 15.6. The summed E-state index contributed by atoms with van der Waals surface area (Å²) >= 11 is 0. The van der Waals surface area contributed by atoms with Gasteiger partial charge in [-0.1, -0.05) is 30.3 Å². The molecule has 0 radical (unpaired) electrons. The molecule has 3 heterocycles. The zero-order chi connectivity index (χ0) is 20.0. The lowest BCUT2D eigenvalue weighted by Gasteiger charge is -2.03. The van der Waals surface area contributed by atoms with Crippen LogP contribution >= 0.6 is 0 Å². The molecule has 2 aromatic carbocycles. The maximum Gasteiger partial charge on any atom is 0.283 e. The van der Waals surface area contributed by atoms with Gasteiger partial charge in [0, 0.05) is 29.9 Å². The number of nitrogens with zero attached hydrogens (tertiary/aromatic N) is 4. The minimum atomic E-state index is -0.428. The lowest BCUT2D eigenvalue weighted by Crippen LogP contribution is -2.32. The van der Waals surface area contributed by atoms with Gasteiger partial charge in [0.05, 0.1) is 22.5 Å². The summed E-state index contributed by atoms with van der Waals surface area (Å²) in [4.78, 5) is 28.7. The lowest BCUT2D eigenvalue weighted by molar-refractivity contribution is -0.384. The smallest absolute Gasteiger partial charge is 0.283 e. The zero-order valence-corrected chi connectivity index (χ0v) is 15.4. The fourth-order valence-corrected chi connectivity index (χ4v) is 3.79. The number of benzene rings is 2. The Bertz CT molecular complexity index is 1350. The van der Waals surface area contributed by atoms with Gasteiger partial charge in [-0.05, 0) is 25.0 Å². The molecule has 1 aliphatic heterocycles. The summed E-state index contributed by atoms with van der Waals surface area (Å²) in [5.41, 5.74) is 3.25. The number of aromatic nitrogens is 3. The highest BCUT2D eigenvalue weighted by Gasteiger charge is 2.20. The van der Waals surface area contributed by atoms with Crippen molar-refractivity contribution in [3.05, 3.63) is 86.5 Å². The largest absolute Gasteiger partial charge is 0.388 e. The van der Waals surface area contributed by atoms with Crippen LogP contribution in [0, 0.1) is 10.1 Å². The fraction of sp³-hybridized carbons (Fsp3) is 0.143.